The number of nitrogens with one attached hydrogen (secondary N) is 1. The van der Waals surface area contributed by atoms with Gasteiger partial charge in [-0.2, -0.15) is 0 Å². The Balaban J connectivity index is 3.05. The molecule has 1 amide bonds. The lowest BCUT2D eigenvalue weighted by molar-refractivity contribution is -0.122. The zero-order valence-electron chi connectivity index (χ0n) is 16.8. The Hall–Kier alpha value is -1.47. The summed E-state index contributed by atoms with van der Waals surface area (Å²) in [5.74, 6) is 0.366. The number of hydrogen-bond donors (Lipinski definition) is 1. The van der Waals surface area contributed by atoms with Crippen molar-refractivity contribution in [3.8, 4) is 5.75 Å². The summed E-state index contributed by atoms with van der Waals surface area (Å²) in [5, 5.41) is 3.26. The molecular weight excluding hydrogens is 388 g/mol. The Morgan fingerprint density at radius 3 is 2.52 bits per heavy atom. The van der Waals surface area contributed by atoms with Crippen molar-refractivity contribution >= 4 is 33.2 Å². The Morgan fingerprint density at radius 1 is 1.33 bits per heavy atom. The van der Waals surface area contributed by atoms with Gasteiger partial charge in [-0.05, 0) is 37.5 Å². The van der Waals surface area contributed by atoms with E-state index in [1.807, 2.05) is 0 Å². The van der Waals surface area contributed by atoms with Crippen LogP contribution in [0.25, 0.3) is 0 Å². The number of amides is 1. The molecule has 0 aliphatic heterocycles. The Kier molecular flexibility index (Phi) is 9.39. The largest absolute Gasteiger partial charge is 0.495 e. The third-order valence-corrected chi connectivity index (χ3v) is 6.04. The molecule has 0 fully saturated rings. The Labute approximate surface area is 168 Å². The van der Waals surface area contributed by atoms with Gasteiger partial charge in [0.1, 0.15) is 11.8 Å². The second-order valence-electron chi connectivity index (χ2n) is 6.71. The number of unbranched alkanes of at least 4 members (excludes halogenated alkanes) is 1. The standard InChI is InChI=1S/C19H31ClN2O4S/c1-6-8-9-15(7-2)13-21-19(23)14(3)22(27(5,24)25)17-12-16(20)10-11-18(17)26-4/h10-12,14-15H,6-9,13H2,1-5H3,(H,21,23). The van der Waals surface area contributed by atoms with E-state index in [4.69, 9.17) is 16.3 Å². The summed E-state index contributed by atoms with van der Waals surface area (Å²) >= 11 is 6.04. The molecule has 6 nitrogen and oxygen atoms in total. The van der Waals surface area contributed by atoms with Crippen LogP contribution in [0.5, 0.6) is 5.75 Å². The van der Waals surface area contributed by atoms with Crippen molar-refractivity contribution in [2.75, 3.05) is 24.2 Å². The minimum atomic E-state index is -3.74. The van der Waals surface area contributed by atoms with Crippen LogP contribution < -0.4 is 14.4 Å². The number of hydrogen-bond acceptors (Lipinski definition) is 4. The van der Waals surface area contributed by atoms with Crippen molar-refractivity contribution < 1.29 is 17.9 Å². The molecule has 1 aromatic rings. The summed E-state index contributed by atoms with van der Waals surface area (Å²) in [6.45, 7) is 6.32. The molecule has 2 unspecified atom stereocenters. The number of rotatable bonds is 11. The average molecular weight is 419 g/mol. The second-order valence-corrected chi connectivity index (χ2v) is 9.01. The first-order chi connectivity index (χ1) is 12.6. The molecule has 1 rings (SSSR count). The van der Waals surface area contributed by atoms with Crippen molar-refractivity contribution in [2.24, 2.45) is 5.92 Å². The lowest BCUT2D eigenvalue weighted by Crippen LogP contribution is -2.48. The molecule has 0 aliphatic rings. The summed E-state index contributed by atoms with van der Waals surface area (Å²) in [7, 11) is -2.29. The molecule has 0 aliphatic carbocycles. The van der Waals surface area contributed by atoms with Crippen LogP contribution in [0.2, 0.25) is 5.02 Å². The molecule has 1 aromatic carbocycles. The molecule has 0 saturated carbocycles. The normalized spacial score (nSPS) is 13.7. The lowest BCUT2D eigenvalue weighted by Gasteiger charge is -2.30. The molecule has 0 spiro atoms. The molecule has 1 N–H and O–H groups in total. The highest BCUT2D eigenvalue weighted by molar-refractivity contribution is 7.92. The number of methoxy groups -OCH3 is 1. The summed E-state index contributed by atoms with van der Waals surface area (Å²) in [6, 6.07) is 3.74. The zero-order valence-corrected chi connectivity index (χ0v) is 18.4. The molecule has 2 atom stereocenters. The molecular formula is C19H31ClN2O4S. The zero-order chi connectivity index (χ0) is 20.6. The summed E-state index contributed by atoms with van der Waals surface area (Å²) < 4.78 is 31.2. The predicted octanol–water partition coefficient (Wildman–Crippen LogP) is 3.84. The third kappa shape index (κ3) is 6.88. The number of nitrogens with zero attached hydrogens (tertiary/aromatic N) is 1. The van der Waals surface area contributed by atoms with Gasteiger partial charge in [0.2, 0.25) is 15.9 Å². The van der Waals surface area contributed by atoms with Gasteiger partial charge in [-0.25, -0.2) is 8.42 Å². The molecule has 8 heteroatoms. The number of carbonyl (C=O) groups is 1. The number of benzene rings is 1. The van der Waals surface area contributed by atoms with Crippen molar-refractivity contribution in [3.63, 3.8) is 0 Å². The minimum Gasteiger partial charge on any atom is -0.495 e. The number of anilines is 1. The van der Waals surface area contributed by atoms with Gasteiger partial charge in [0.25, 0.3) is 0 Å². The van der Waals surface area contributed by atoms with Crippen molar-refractivity contribution in [3.05, 3.63) is 23.2 Å². The van der Waals surface area contributed by atoms with Gasteiger partial charge >= 0.3 is 0 Å². The van der Waals surface area contributed by atoms with Gasteiger partial charge in [0, 0.05) is 11.6 Å². The Bertz CT molecular complexity index is 724. The van der Waals surface area contributed by atoms with E-state index < -0.39 is 16.1 Å². The third-order valence-electron chi connectivity index (χ3n) is 4.58. The molecule has 0 heterocycles. The van der Waals surface area contributed by atoms with Gasteiger partial charge in [0.15, 0.2) is 0 Å². The van der Waals surface area contributed by atoms with Gasteiger partial charge in [0.05, 0.1) is 19.1 Å². The quantitative estimate of drug-likeness (QED) is 0.592. The summed E-state index contributed by atoms with van der Waals surface area (Å²) in [4.78, 5) is 12.7. The van der Waals surface area contributed by atoms with E-state index in [-0.39, 0.29) is 11.6 Å². The number of sulfonamides is 1. The summed E-state index contributed by atoms with van der Waals surface area (Å²) in [6.07, 6.45) is 5.29. The van der Waals surface area contributed by atoms with Crippen LogP contribution in [0, 0.1) is 5.92 Å². The maximum Gasteiger partial charge on any atom is 0.243 e. The SMILES string of the molecule is CCCCC(CC)CNC(=O)C(C)N(c1cc(Cl)ccc1OC)S(C)(=O)=O. The van der Waals surface area contributed by atoms with Crippen molar-refractivity contribution in [1.29, 1.82) is 0 Å². The fourth-order valence-electron chi connectivity index (χ4n) is 2.95. The highest BCUT2D eigenvalue weighted by atomic mass is 35.5. The topological polar surface area (TPSA) is 75.7 Å². The fourth-order valence-corrected chi connectivity index (χ4v) is 4.29. The van der Waals surface area contributed by atoms with E-state index in [1.165, 1.54) is 13.2 Å². The molecule has 27 heavy (non-hydrogen) atoms. The first kappa shape index (κ1) is 23.6. The van der Waals surface area contributed by atoms with E-state index in [0.29, 0.717) is 23.2 Å². The smallest absolute Gasteiger partial charge is 0.243 e. The van der Waals surface area contributed by atoms with Crippen LogP contribution in [-0.2, 0) is 14.8 Å². The Morgan fingerprint density at radius 2 is 2.00 bits per heavy atom. The van der Waals surface area contributed by atoms with Crippen LogP contribution in [0.15, 0.2) is 18.2 Å². The molecule has 0 aromatic heterocycles. The highest BCUT2D eigenvalue weighted by Gasteiger charge is 2.31. The first-order valence-corrected chi connectivity index (χ1v) is 11.5. The van der Waals surface area contributed by atoms with Crippen LogP contribution in [-0.4, -0.2) is 40.3 Å². The average Bonchev–Trinajstić information content (AvgIpc) is 2.60. The van der Waals surface area contributed by atoms with Gasteiger partial charge < -0.3 is 10.1 Å². The van der Waals surface area contributed by atoms with Gasteiger partial charge in [-0.3, -0.25) is 9.10 Å². The number of ether oxygens (including phenoxy) is 1. The summed E-state index contributed by atoms with van der Waals surface area (Å²) in [5.41, 5.74) is 0.244. The van der Waals surface area contributed by atoms with Crippen molar-refractivity contribution in [2.45, 2.75) is 52.5 Å². The van der Waals surface area contributed by atoms with E-state index in [1.54, 1.807) is 19.1 Å². The number of carbonyl (C=O) groups excluding carboxylic acids is 1. The second kappa shape index (κ2) is 10.8. The lowest BCUT2D eigenvalue weighted by atomic mass is 9.99. The van der Waals surface area contributed by atoms with Gasteiger partial charge in [-0.15, -0.1) is 0 Å². The fraction of sp³-hybridized carbons (Fsp3) is 0.632. The van der Waals surface area contributed by atoms with Crippen LogP contribution >= 0.6 is 11.6 Å². The monoisotopic (exact) mass is 418 g/mol. The van der Waals surface area contributed by atoms with E-state index in [0.717, 1.165) is 36.2 Å². The molecule has 0 bridgehead atoms. The molecule has 0 saturated heterocycles. The predicted molar refractivity (Wildman–Crippen MR) is 111 cm³/mol. The van der Waals surface area contributed by atoms with E-state index >= 15 is 0 Å². The minimum absolute atomic E-state index is 0.244. The first-order valence-electron chi connectivity index (χ1n) is 9.26. The van der Waals surface area contributed by atoms with Crippen molar-refractivity contribution in [1.82, 2.24) is 5.32 Å². The van der Waals surface area contributed by atoms with Crippen LogP contribution in [0.1, 0.15) is 46.5 Å². The number of halogens is 1. The van der Waals surface area contributed by atoms with E-state index in [9.17, 15) is 13.2 Å². The van der Waals surface area contributed by atoms with Gasteiger partial charge in [-0.1, -0.05) is 44.7 Å². The highest BCUT2D eigenvalue weighted by Crippen LogP contribution is 2.34. The molecule has 154 valence electrons. The van der Waals surface area contributed by atoms with Crippen LogP contribution in [0.4, 0.5) is 5.69 Å². The van der Waals surface area contributed by atoms with Crippen LogP contribution in [0.3, 0.4) is 0 Å². The maximum atomic E-state index is 12.7. The maximum absolute atomic E-state index is 12.7. The van der Waals surface area contributed by atoms with E-state index in [2.05, 4.69) is 19.2 Å². The molecule has 0 radical (unpaired) electrons.